The molecule has 0 unspecified atom stereocenters. The Labute approximate surface area is 291 Å². The minimum atomic E-state index is -2.78. The molecule has 0 amide bonds. The first-order chi connectivity index (χ1) is 24.6. The molecule has 0 N–H and O–H groups in total. The van der Waals surface area contributed by atoms with Crippen LogP contribution in [-0.4, -0.2) is 12.6 Å². The maximum Gasteiger partial charge on any atom is 0.179 e. The molecule has 0 radical (unpaired) electrons. The Morgan fingerprint density at radius 3 is 1.32 bits per heavy atom. The zero-order valence-corrected chi connectivity index (χ0v) is 28.0. The quantitative estimate of drug-likeness (QED) is 0.138. The molecular weight excluding hydrogens is 625 g/mol. The summed E-state index contributed by atoms with van der Waals surface area (Å²) >= 11 is 0. The molecule has 8 aromatic rings. The zero-order valence-electron chi connectivity index (χ0n) is 27.0. The fourth-order valence-corrected chi connectivity index (χ4v) is 12.1. The highest BCUT2D eigenvalue weighted by molar-refractivity contribution is 7.19. The van der Waals surface area contributed by atoms with E-state index in [9.17, 15) is 15.8 Å². The van der Waals surface area contributed by atoms with Crippen LogP contribution in [0.3, 0.4) is 0 Å². The number of benzene rings is 7. The van der Waals surface area contributed by atoms with Crippen molar-refractivity contribution in [1.82, 2.24) is 4.57 Å². The Morgan fingerprint density at radius 1 is 0.380 bits per heavy atom. The average Bonchev–Trinajstić information content (AvgIpc) is 3.52. The van der Waals surface area contributed by atoms with E-state index in [1.165, 1.54) is 20.7 Å². The van der Waals surface area contributed by atoms with Crippen molar-refractivity contribution < 1.29 is 0 Å². The maximum absolute atomic E-state index is 9.87. The van der Waals surface area contributed by atoms with E-state index >= 15 is 0 Å². The van der Waals surface area contributed by atoms with Gasteiger partial charge in [0.1, 0.15) is 0 Å². The fourth-order valence-electron chi connectivity index (χ4n) is 7.35. The lowest BCUT2D eigenvalue weighted by molar-refractivity contribution is 1.18. The summed E-state index contributed by atoms with van der Waals surface area (Å²) in [4.78, 5) is 0. The molecule has 0 aliphatic heterocycles. The number of aromatic nitrogens is 1. The Kier molecular flexibility index (Phi) is 7.63. The lowest BCUT2D eigenvalue weighted by Gasteiger charge is -2.34. The normalized spacial score (nSPS) is 11.1. The minimum absolute atomic E-state index is 0.585. The maximum atomic E-state index is 9.87. The SMILES string of the molecule is N#Cc1cccc([Si](c2ccccc2)(c2ccccc2)c2ccc(-c3ccc(-n4c5ccc(C#N)cc5c5cc(C#N)ccc54)cc3)cc2)c1. The van der Waals surface area contributed by atoms with Gasteiger partial charge in [0.15, 0.2) is 8.07 Å². The van der Waals surface area contributed by atoms with Crippen LogP contribution in [0, 0.1) is 34.0 Å². The van der Waals surface area contributed by atoms with Crippen molar-refractivity contribution in [3.05, 3.63) is 187 Å². The molecule has 0 spiro atoms. The van der Waals surface area contributed by atoms with E-state index in [0.717, 1.165) is 38.6 Å². The van der Waals surface area contributed by atoms with Crippen molar-refractivity contribution in [3.8, 4) is 35.0 Å². The summed E-state index contributed by atoms with van der Waals surface area (Å²) in [7, 11) is -2.78. The summed E-state index contributed by atoms with van der Waals surface area (Å²) < 4.78 is 2.19. The average molecular weight is 653 g/mol. The van der Waals surface area contributed by atoms with Gasteiger partial charge in [-0.1, -0.05) is 109 Å². The molecule has 7 aromatic carbocycles. The minimum Gasteiger partial charge on any atom is -0.309 e. The van der Waals surface area contributed by atoms with Crippen LogP contribution in [0.1, 0.15) is 16.7 Å². The second-order valence-electron chi connectivity index (χ2n) is 12.3. The van der Waals surface area contributed by atoms with Gasteiger partial charge in [-0.25, -0.2) is 0 Å². The van der Waals surface area contributed by atoms with Gasteiger partial charge in [0.25, 0.3) is 0 Å². The van der Waals surface area contributed by atoms with E-state index in [4.69, 9.17) is 0 Å². The summed E-state index contributed by atoms with van der Waals surface area (Å²) in [6.07, 6.45) is 0. The third kappa shape index (κ3) is 4.97. The summed E-state index contributed by atoms with van der Waals surface area (Å²) in [5, 5.41) is 35.8. The van der Waals surface area contributed by atoms with Gasteiger partial charge in [-0.15, -0.1) is 0 Å². The number of hydrogen-bond donors (Lipinski definition) is 0. The highest BCUT2D eigenvalue weighted by Gasteiger charge is 2.41. The highest BCUT2D eigenvalue weighted by atomic mass is 28.3. The number of hydrogen-bond acceptors (Lipinski definition) is 3. The second-order valence-corrected chi connectivity index (χ2v) is 16.1. The first-order valence-corrected chi connectivity index (χ1v) is 18.4. The number of nitriles is 3. The molecule has 1 aromatic heterocycles. The van der Waals surface area contributed by atoms with Crippen LogP contribution in [0.2, 0.25) is 0 Å². The summed E-state index contributed by atoms with van der Waals surface area (Å²) in [5.74, 6) is 0. The lowest BCUT2D eigenvalue weighted by Crippen LogP contribution is -2.74. The van der Waals surface area contributed by atoms with Crippen LogP contribution in [0.5, 0.6) is 0 Å². The van der Waals surface area contributed by atoms with Crippen molar-refractivity contribution in [3.63, 3.8) is 0 Å². The van der Waals surface area contributed by atoms with Crippen molar-refractivity contribution in [1.29, 1.82) is 15.8 Å². The fraction of sp³-hybridized carbons (Fsp3) is 0. The molecule has 8 rings (SSSR count). The van der Waals surface area contributed by atoms with Gasteiger partial charge in [-0.2, -0.15) is 15.8 Å². The predicted octanol–water partition coefficient (Wildman–Crippen LogP) is 7.44. The van der Waals surface area contributed by atoms with Crippen LogP contribution in [0.4, 0.5) is 0 Å². The summed E-state index contributed by atoms with van der Waals surface area (Å²) in [6, 6.07) is 65.3. The monoisotopic (exact) mass is 652 g/mol. The highest BCUT2D eigenvalue weighted by Crippen LogP contribution is 2.34. The van der Waals surface area contributed by atoms with E-state index in [1.54, 1.807) is 0 Å². The molecule has 0 saturated heterocycles. The molecule has 5 heteroatoms. The van der Waals surface area contributed by atoms with E-state index < -0.39 is 8.07 Å². The smallest absolute Gasteiger partial charge is 0.179 e. The molecule has 0 aliphatic rings. The molecule has 0 saturated carbocycles. The van der Waals surface area contributed by atoms with Crippen LogP contribution in [-0.2, 0) is 0 Å². The van der Waals surface area contributed by atoms with Gasteiger partial charge >= 0.3 is 0 Å². The molecule has 232 valence electrons. The van der Waals surface area contributed by atoms with Gasteiger partial charge in [-0.3, -0.25) is 0 Å². The molecule has 0 atom stereocenters. The molecule has 1 heterocycles. The number of fused-ring (bicyclic) bond motifs is 3. The molecule has 0 aliphatic carbocycles. The van der Waals surface area contributed by atoms with Crippen LogP contribution in [0.25, 0.3) is 38.6 Å². The van der Waals surface area contributed by atoms with Gasteiger partial charge in [0, 0.05) is 16.5 Å². The van der Waals surface area contributed by atoms with E-state index in [1.807, 2.05) is 48.5 Å². The van der Waals surface area contributed by atoms with E-state index in [-0.39, 0.29) is 0 Å². The Hall–Kier alpha value is -6.97. The van der Waals surface area contributed by atoms with Crippen LogP contribution < -0.4 is 20.7 Å². The Bertz CT molecular complexity index is 2540. The molecule has 0 fully saturated rings. The Balaban J connectivity index is 1.24. The van der Waals surface area contributed by atoms with Crippen molar-refractivity contribution >= 4 is 50.6 Å². The Morgan fingerprint density at radius 2 is 0.820 bits per heavy atom. The second kappa shape index (κ2) is 12.6. The van der Waals surface area contributed by atoms with Crippen LogP contribution >= 0.6 is 0 Å². The molecule has 0 bridgehead atoms. The number of rotatable bonds is 6. The first-order valence-electron chi connectivity index (χ1n) is 16.4. The predicted molar refractivity (Wildman–Crippen MR) is 204 cm³/mol. The van der Waals surface area contributed by atoms with Crippen molar-refractivity contribution in [2.45, 2.75) is 0 Å². The van der Waals surface area contributed by atoms with Gasteiger partial charge in [0.05, 0.1) is 45.9 Å². The lowest BCUT2D eigenvalue weighted by atomic mass is 10.1. The van der Waals surface area contributed by atoms with Gasteiger partial charge in [0.2, 0.25) is 0 Å². The topological polar surface area (TPSA) is 76.3 Å². The standard InChI is InChI=1S/C45H28N4Si/c46-29-32-8-7-13-41(26-32)50(38-9-3-1-4-10-38,39-11-5-2-6-12-39)40-22-18-36(19-23-40)35-16-20-37(21-17-35)49-44-24-14-33(30-47)27-42(44)43-28-34(31-48)15-25-45(43)49/h1-28H. The molecule has 4 nitrogen and oxygen atoms in total. The third-order valence-corrected chi connectivity index (χ3v) is 14.4. The number of nitrogens with zero attached hydrogens (tertiary/aromatic N) is 4. The van der Waals surface area contributed by atoms with Crippen LogP contribution in [0.15, 0.2) is 170 Å². The van der Waals surface area contributed by atoms with Crippen molar-refractivity contribution in [2.24, 2.45) is 0 Å². The van der Waals surface area contributed by atoms with E-state index in [0.29, 0.717) is 16.7 Å². The first kappa shape index (κ1) is 30.4. The van der Waals surface area contributed by atoms with E-state index in [2.05, 4.69) is 144 Å². The molecule has 50 heavy (non-hydrogen) atoms. The summed E-state index contributed by atoms with van der Waals surface area (Å²) in [6.45, 7) is 0. The van der Waals surface area contributed by atoms with Gasteiger partial charge < -0.3 is 4.57 Å². The third-order valence-electron chi connectivity index (χ3n) is 9.64. The summed E-state index contributed by atoms with van der Waals surface area (Å²) in [5.41, 5.74) is 6.99. The largest absolute Gasteiger partial charge is 0.309 e. The van der Waals surface area contributed by atoms with Crippen molar-refractivity contribution in [2.75, 3.05) is 0 Å². The molecular formula is C45H28N4Si. The zero-order chi connectivity index (χ0) is 34.1. The van der Waals surface area contributed by atoms with Gasteiger partial charge in [-0.05, 0) is 92.5 Å².